The van der Waals surface area contributed by atoms with Crippen molar-refractivity contribution in [1.29, 1.82) is 0 Å². The Labute approximate surface area is 123 Å². The average molecular weight is 283 g/mol. The van der Waals surface area contributed by atoms with Crippen LogP contribution in [0.2, 0.25) is 0 Å². The van der Waals surface area contributed by atoms with Gasteiger partial charge in [0.25, 0.3) is 0 Å². The highest BCUT2D eigenvalue weighted by Crippen LogP contribution is 2.22. The van der Waals surface area contributed by atoms with E-state index in [1.54, 1.807) is 25.1 Å². The standard InChI is InChI=1S/C17H17NO3/c1-2-20-17(19)12-5-13-3-8-15(9-4-13)21-16-10-6-14(18)7-11-16/h3-12H,2,18H2,1H3. The molecule has 0 radical (unpaired) electrons. The molecule has 0 unspecified atom stereocenters. The Bertz CT molecular complexity index is 615. The van der Waals surface area contributed by atoms with Crippen molar-refractivity contribution in [2.75, 3.05) is 12.3 Å². The highest BCUT2D eigenvalue weighted by Gasteiger charge is 1.98. The molecule has 0 saturated carbocycles. The first-order chi connectivity index (χ1) is 10.2. The number of rotatable bonds is 5. The first kappa shape index (κ1) is 14.7. The Morgan fingerprint density at radius 1 is 1.05 bits per heavy atom. The van der Waals surface area contributed by atoms with Crippen molar-refractivity contribution in [2.24, 2.45) is 0 Å². The molecule has 2 aromatic carbocycles. The third-order valence-electron chi connectivity index (χ3n) is 2.69. The van der Waals surface area contributed by atoms with E-state index in [0.717, 1.165) is 11.3 Å². The molecule has 0 heterocycles. The van der Waals surface area contributed by atoms with E-state index in [9.17, 15) is 4.79 Å². The minimum absolute atomic E-state index is 0.347. The second kappa shape index (κ2) is 7.14. The summed E-state index contributed by atoms with van der Waals surface area (Å²) in [5.41, 5.74) is 7.21. The summed E-state index contributed by atoms with van der Waals surface area (Å²) in [6.45, 7) is 2.15. The van der Waals surface area contributed by atoms with E-state index in [-0.39, 0.29) is 5.97 Å². The number of hydrogen-bond donors (Lipinski definition) is 1. The summed E-state index contributed by atoms with van der Waals surface area (Å²) in [7, 11) is 0. The highest BCUT2D eigenvalue weighted by atomic mass is 16.5. The summed E-state index contributed by atoms with van der Waals surface area (Å²) in [5, 5.41) is 0. The maximum atomic E-state index is 11.2. The van der Waals surface area contributed by atoms with E-state index >= 15 is 0 Å². The molecule has 0 fully saturated rings. The van der Waals surface area contributed by atoms with Crippen molar-refractivity contribution in [3.8, 4) is 11.5 Å². The molecule has 2 aromatic rings. The molecule has 0 atom stereocenters. The van der Waals surface area contributed by atoms with Crippen LogP contribution in [0.1, 0.15) is 12.5 Å². The molecule has 0 amide bonds. The van der Waals surface area contributed by atoms with Crippen LogP contribution in [-0.2, 0) is 9.53 Å². The van der Waals surface area contributed by atoms with E-state index in [1.807, 2.05) is 36.4 Å². The van der Waals surface area contributed by atoms with Gasteiger partial charge in [-0.3, -0.25) is 0 Å². The van der Waals surface area contributed by atoms with Crippen LogP contribution in [0.15, 0.2) is 54.6 Å². The van der Waals surface area contributed by atoms with Gasteiger partial charge in [0.05, 0.1) is 6.61 Å². The Hall–Kier alpha value is -2.75. The fraction of sp³-hybridized carbons (Fsp3) is 0.118. The van der Waals surface area contributed by atoms with E-state index in [4.69, 9.17) is 15.2 Å². The van der Waals surface area contributed by atoms with Crippen molar-refractivity contribution in [3.63, 3.8) is 0 Å². The number of hydrogen-bond acceptors (Lipinski definition) is 4. The van der Waals surface area contributed by atoms with Gasteiger partial charge in [-0.15, -0.1) is 0 Å². The molecular formula is C17H17NO3. The third-order valence-corrected chi connectivity index (χ3v) is 2.69. The van der Waals surface area contributed by atoms with Crippen molar-refractivity contribution >= 4 is 17.7 Å². The molecule has 0 aliphatic carbocycles. The maximum absolute atomic E-state index is 11.2. The Balaban J connectivity index is 1.98. The Kier molecular flexibility index (Phi) is 4.99. The number of carbonyl (C=O) groups excluding carboxylic acids is 1. The van der Waals surface area contributed by atoms with Crippen molar-refractivity contribution in [2.45, 2.75) is 6.92 Å². The first-order valence-electron chi connectivity index (χ1n) is 6.65. The number of ether oxygens (including phenoxy) is 2. The predicted octanol–water partition coefficient (Wildman–Crippen LogP) is 3.64. The van der Waals surface area contributed by atoms with E-state index in [1.165, 1.54) is 6.08 Å². The summed E-state index contributed by atoms with van der Waals surface area (Å²) < 4.78 is 10.5. The number of esters is 1. The van der Waals surface area contributed by atoms with Crippen LogP contribution in [0.5, 0.6) is 11.5 Å². The molecule has 4 nitrogen and oxygen atoms in total. The zero-order chi connectivity index (χ0) is 15.1. The van der Waals surface area contributed by atoms with Gasteiger partial charge >= 0.3 is 5.97 Å². The molecule has 0 aromatic heterocycles. The van der Waals surface area contributed by atoms with Gasteiger partial charge in [0, 0.05) is 11.8 Å². The second-order valence-corrected chi connectivity index (χ2v) is 4.33. The molecule has 0 spiro atoms. The lowest BCUT2D eigenvalue weighted by Crippen LogP contribution is -1.98. The predicted molar refractivity (Wildman–Crippen MR) is 83.0 cm³/mol. The van der Waals surface area contributed by atoms with Crippen LogP contribution in [-0.4, -0.2) is 12.6 Å². The zero-order valence-electron chi connectivity index (χ0n) is 11.8. The second-order valence-electron chi connectivity index (χ2n) is 4.33. The lowest BCUT2D eigenvalue weighted by molar-refractivity contribution is -0.137. The number of nitrogens with two attached hydrogens (primary N) is 1. The molecule has 4 heteroatoms. The average Bonchev–Trinajstić information content (AvgIpc) is 2.49. The van der Waals surface area contributed by atoms with Crippen LogP contribution in [0.25, 0.3) is 6.08 Å². The monoisotopic (exact) mass is 283 g/mol. The molecular weight excluding hydrogens is 266 g/mol. The van der Waals surface area contributed by atoms with Gasteiger partial charge in [0.2, 0.25) is 0 Å². The van der Waals surface area contributed by atoms with Crippen molar-refractivity contribution in [1.82, 2.24) is 0 Å². The normalized spacial score (nSPS) is 10.5. The quantitative estimate of drug-likeness (QED) is 0.517. The summed E-state index contributed by atoms with van der Waals surface area (Å²) in [6.07, 6.45) is 3.10. The summed E-state index contributed by atoms with van der Waals surface area (Å²) in [6, 6.07) is 14.6. The maximum Gasteiger partial charge on any atom is 0.330 e. The van der Waals surface area contributed by atoms with Crippen LogP contribution in [0.4, 0.5) is 5.69 Å². The van der Waals surface area contributed by atoms with E-state index in [0.29, 0.717) is 18.0 Å². The highest BCUT2D eigenvalue weighted by molar-refractivity contribution is 5.87. The molecule has 21 heavy (non-hydrogen) atoms. The molecule has 0 saturated heterocycles. The van der Waals surface area contributed by atoms with E-state index in [2.05, 4.69) is 0 Å². The zero-order valence-corrected chi connectivity index (χ0v) is 11.8. The van der Waals surface area contributed by atoms with Gasteiger partial charge in [0.1, 0.15) is 11.5 Å². The minimum Gasteiger partial charge on any atom is -0.463 e. The lowest BCUT2D eigenvalue weighted by atomic mass is 10.2. The van der Waals surface area contributed by atoms with Crippen LogP contribution >= 0.6 is 0 Å². The van der Waals surface area contributed by atoms with Crippen molar-refractivity contribution < 1.29 is 14.3 Å². The first-order valence-corrected chi connectivity index (χ1v) is 6.65. The number of anilines is 1. The molecule has 0 aliphatic rings. The van der Waals surface area contributed by atoms with Crippen molar-refractivity contribution in [3.05, 3.63) is 60.2 Å². The number of nitrogen functional groups attached to an aromatic ring is 1. The Morgan fingerprint density at radius 2 is 1.62 bits per heavy atom. The Morgan fingerprint density at radius 3 is 2.19 bits per heavy atom. The molecule has 0 aliphatic heterocycles. The third kappa shape index (κ3) is 4.69. The molecule has 108 valence electrons. The molecule has 2 N–H and O–H groups in total. The smallest absolute Gasteiger partial charge is 0.330 e. The topological polar surface area (TPSA) is 61.5 Å². The van der Waals surface area contributed by atoms with Crippen LogP contribution in [0, 0.1) is 0 Å². The van der Waals surface area contributed by atoms with Gasteiger partial charge in [-0.1, -0.05) is 12.1 Å². The van der Waals surface area contributed by atoms with Crippen LogP contribution < -0.4 is 10.5 Å². The summed E-state index contributed by atoms with van der Waals surface area (Å²) >= 11 is 0. The summed E-state index contributed by atoms with van der Waals surface area (Å²) in [4.78, 5) is 11.2. The minimum atomic E-state index is -0.347. The van der Waals surface area contributed by atoms with Gasteiger partial charge in [0.15, 0.2) is 0 Å². The largest absolute Gasteiger partial charge is 0.463 e. The van der Waals surface area contributed by atoms with Gasteiger partial charge < -0.3 is 15.2 Å². The SMILES string of the molecule is CCOC(=O)C=Cc1ccc(Oc2ccc(N)cc2)cc1. The fourth-order valence-electron chi connectivity index (χ4n) is 1.67. The molecule has 0 bridgehead atoms. The van der Waals surface area contributed by atoms with Crippen LogP contribution in [0.3, 0.4) is 0 Å². The van der Waals surface area contributed by atoms with Gasteiger partial charge in [-0.25, -0.2) is 4.79 Å². The van der Waals surface area contributed by atoms with Gasteiger partial charge in [-0.2, -0.15) is 0 Å². The lowest BCUT2D eigenvalue weighted by Gasteiger charge is -2.06. The molecule has 2 rings (SSSR count). The number of carbonyl (C=O) groups is 1. The van der Waals surface area contributed by atoms with E-state index < -0.39 is 0 Å². The summed E-state index contributed by atoms with van der Waals surface area (Å²) in [5.74, 6) is 1.09. The van der Waals surface area contributed by atoms with Gasteiger partial charge in [-0.05, 0) is 55.0 Å². The fourth-order valence-corrected chi connectivity index (χ4v) is 1.67. The number of benzene rings is 2.